The molecule has 1 fully saturated rings. The molecule has 2 heteroatoms. The van der Waals surface area contributed by atoms with Crippen LogP contribution in [0.25, 0.3) is 0 Å². The van der Waals surface area contributed by atoms with Gasteiger partial charge in [-0.05, 0) is 36.5 Å². The van der Waals surface area contributed by atoms with Gasteiger partial charge in [0.2, 0.25) is 0 Å². The summed E-state index contributed by atoms with van der Waals surface area (Å²) < 4.78 is 5.61. The van der Waals surface area contributed by atoms with Crippen molar-refractivity contribution in [2.24, 2.45) is 5.92 Å². The van der Waals surface area contributed by atoms with Gasteiger partial charge in [-0.3, -0.25) is 0 Å². The van der Waals surface area contributed by atoms with Crippen LogP contribution in [0.3, 0.4) is 0 Å². The van der Waals surface area contributed by atoms with Crippen molar-refractivity contribution in [3.63, 3.8) is 0 Å². The second-order valence-corrected chi connectivity index (χ2v) is 4.70. The first-order valence-corrected chi connectivity index (χ1v) is 6.24. The Kier molecular flexibility index (Phi) is 3.83. The summed E-state index contributed by atoms with van der Waals surface area (Å²) in [6, 6.07) is 9.12. The van der Waals surface area contributed by atoms with Crippen molar-refractivity contribution < 1.29 is 4.74 Å². The molecule has 0 bridgehead atoms. The Morgan fingerprint density at radius 3 is 2.94 bits per heavy atom. The predicted octanol–water partition coefficient (Wildman–Crippen LogP) is 2.97. The number of hydrogen-bond donors (Lipinski definition) is 1. The summed E-state index contributed by atoms with van der Waals surface area (Å²) >= 11 is 0. The minimum absolute atomic E-state index is 0.736. The molecule has 0 radical (unpaired) electrons. The quantitative estimate of drug-likeness (QED) is 0.794. The Balaban J connectivity index is 1.83. The van der Waals surface area contributed by atoms with E-state index in [4.69, 9.17) is 4.74 Å². The van der Waals surface area contributed by atoms with Crippen LogP contribution in [0.4, 0.5) is 0 Å². The first kappa shape index (κ1) is 11.5. The molecule has 2 atom stereocenters. The van der Waals surface area contributed by atoms with Crippen LogP contribution in [0.5, 0.6) is 5.75 Å². The van der Waals surface area contributed by atoms with E-state index in [0.717, 1.165) is 37.3 Å². The molecule has 1 N–H and O–H groups in total. The Morgan fingerprint density at radius 2 is 2.25 bits per heavy atom. The molecule has 1 aliphatic rings. The van der Waals surface area contributed by atoms with Gasteiger partial charge in [0, 0.05) is 12.6 Å². The predicted molar refractivity (Wildman–Crippen MR) is 66.6 cm³/mol. The molecule has 0 spiro atoms. The van der Waals surface area contributed by atoms with Crippen LogP contribution in [-0.4, -0.2) is 12.6 Å². The van der Waals surface area contributed by atoms with E-state index in [-0.39, 0.29) is 0 Å². The maximum absolute atomic E-state index is 5.61. The minimum Gasteiger partial charge on any atom is -0.494 e. The summed E-state index contributed by atoms with van der Waals surface area (Å²) in [6.07, 6.45) is 2.38. The number of hydrogen-bond acceptors (Lipinski definition) is 2. The van der Waals surface area contributed by atoms with Gasteiger partial charge in [-0.1, -0.05) is 26.0 Å². The third-order valence-corrected chi connectivity index (χ3v) is 3.05. The topological polar surface area (TPSA) is 21.3 Å². The second kappa shape index (κ2) is 5.35. The fraction of sp³-hybridized carbons (Fsp3) is 0.571. The van der Waals surface area contributed by atoms with Gasteiger partial charge in [-0.2, -0.15) is 0 Å². The number of nitrogens with one attached hydrogen (secondary N) is 1. The SMILES string of the molecule is CCCOc1cccc(CNC2CC2C)c1. The van der Waals surface area contributed by atoms with Crippen molar-refractivity contribution >= 4 is 0 Å². The Labute approximate surface area is 98.0 Å². The van der Waals surface area contributed by atoms with Crippen LogP contribution in [0.2, 0.25) is 0 Å². The van der Waals surface area contributed by atoms with E-state index < -0.39 is 0 Å². The maximum atomic E-state index is 5.61. The molecular formula is C14H21NO. The third kappa shape index (κ3) is 3.24. The Hall–Kier alpha value is -1.02. The van der Waals surface area contributed by atoms with Gasteiger partial charge in [0.15, 0.2) is 0 Å². The smallest absolute Gasteiger partial charge is 0.119 e. The van der Waals surface area contributed by atoms with Gasteiger partial charge < -0.3 is 10.1 Å². The lowest BCUT2D eigenvalue weighted by molar-refractivity contribution is 0.317. The number of benzene rings is 1. The van der Waals surface area contributed by atoms with Gasteiger partial charge >= 0.3 is 0 Å². The van der Waals surface area contributed by atoms with Gasteiger partial charge in [0.25, 0.3) is 0 Å². The normalized spacial score (nSPS) is 23.1. The zero-order chi connectivity index (χ0) is 11.4. The second-order valence-electron chi connectivity index (χ2n) is 4.70. The Morgan fingerprint density at radius 1 is 1.44 bits per heavy atom. The molecule has 2 unspecified atom stereocenters. The van der Waals surface area contributed by atoms with Gasteiger partial charge in [0.05, 0.1) is 6.61 Å². The molecular weight excluding hydrogens is 198 g/mol. The summed E-state index contributed by atoms with van der Waals surface area (Å²) in [5.41, 5.74) is 1.31. The van der Waals surface area contributed by atoms with Crippen LogP contribution >= 0.6 is 0 Å². The molecule has 0 aromatic heterocycles. The lowest BCUT2D eigenvalue weighted by atomic mass is 10.2. The molecule has 0 amide bonds. The van der Waals surface area contributed by atoms with Gasteiger partial charge in [-0.25, -0.2) is 0 Å². The summed E-state index contributed by atoms with van der Waals surface area (Å²) in [6.45, 7) is 6.17. The van der Waals surface area contributed by atoms with Crippen molar-refractivity contribution in [2.45, 2.75) is 39.3 Å². The van der Waals surface area contributed by atoms with E-state index in [0.29, 0.717) is 0 Å². The van der Waals surface area contributed by atoms with Crippen LogP contribution in [0, 0.1) is 5.92 Å². The molecule has 0 saturated heterocycles. The Bertz CT molecular complexity index is 337. The van der Waals surface area contributed by atoms with Crippen LogP contribution in [-0.2, 0) is 6.54 Å². The van der Waals surface area contributed by atoms with E-state index in [9.17, 15) is 0 Å². The van der Waals surface area contributed by atoms with E-state index in [1.54, 1.807) is 0 Å². The monoisotopic (exact) mass is 219 g/mol. The van der Waals surface area contributed by atoms with Crippen molar-refractivity contribution in [2.75, 3.05) is 6.61 Å². The summed E-state index contributed by atoms with van der Waals surface area (Å²) in [5, 5.41) is 3.55. The van der Waals surface area contributed by atoms with Crippen LogP contribution in [0.15, 0.2) is 24.3 Å². The fourth-order valence-electron chi connectivity index (χ4n) is 1.82. The highest BCUT2D eigenvalue weighted by molar-refractivity contribution is 5.28. The van der Waals surface area contributed by atoms with Crippen LogP contribution in [0.1, 0.15) is 32.3 Å². The molecule has 2 nitrogen and oxygen atoms in total. The molecule has 2 rings (SSSR count). The zero-order valence-electron chi connectivity index (χ0n) is 10.2. The third-order valence-electron chi connectivity index (χ3n) is 3.05. The summed E-state index contributed by atoms with van der Waals surface area (Å²) in [5.74, 6) is 1.85. The average Bonchev–Trinajstić information content (AvgIpc) is 3.01. The van der Waals surface area contributed by atoms with Gasteiger partial charge in [0.1, 0.15) is 5.75 Å². The van der Waals surface area contributed by atoms with Crippen molar-refractivity contribution in [3.8, 4) is 5.75 Å². The van der Waals surface area contributed by atoms with E-state index in [1.807, 2.05) is 6.07 Å². The highest BCUT2D eigenvalue weighted by atomic mass is 16.5. The van der Waals surface area contributed by atoms with Crippen molar-refractivity contribution in [3.05, 3.63) is 29.8 Å². The first-order chi connectivity index (χ1) is 7.79. The molecule has 1 aromatic rings. The van der Waals surface area contributed by atoms with Crippen molar-refractivity contribution in [1.29, 1.82) is 0 Å². The zero-order valence-corrected chi connectivity index (χ0v) is 10.2. The lowest BCUT2D eigenvalue weighted by Gasteiger charge is -2.07. The number of ether oxygens (including phenoxy) is 1. The number of rotatable bonds is 6. The largest absolute Gasteiger partial charge is 0.494 e. The van der Waals surface area contributed by atoms with Crippen LogP contribution < -0.4 is 10.1 Å². The standard InChI is InChI=1S/C14H21NO/c1-3-7-16-13-6-4-5-12(9-13)10-15-14-8-11(14)2/h4-6,9,11,14-15H,3,7-8,10H2,1-2H3. The van der Waals surface area contributed by atoms with E-state index in [2.05, 4.69) is 37.4 Å². The van der Waals surface area contributed by atoms with E-state index in [1.165, 1.54) is 12.0 Å². The molecule has 1 aromatic carbocycles. The molecule has 88 valence electrons. The van der Waals surface area contributed by atoms with Gasteiger partial charge in [-0.15, -0.1) is 0 Å². The summed E-state index contributed by atoms with van der Waals surface area (Å²) in [4.78, 5) is 0. The molecule has 0 heterocycles. The van der Waals surface area contributed by atoms with E-state index >= 15 is 0 Å². The highest BCUT2D eigenvalue weighted by Crippen LogP contribution is 2.29. The first-order valence-electron chi connectivity index (χ1n) is 6.24. The fourth-order valence-corrected chi connectivity index (χ4v) is 1.82. The molecule has 0 aliphatic heterocycles. The average molecular weight is 219 g/mol. The molecule has 16 heavy (non-hydrogen) atoms. The minimum atomic E-state index is 0.736. The highest BCUT2D eigenvalue weighted by Gasteiger charge is 2.31. The maximum Gasteiger partial charge on any atom is 0.119 e. The molecule has 1 aliphatic carbocycles. The lowest BCUT2D eigenvalue weighted by Crippen LogP contribution is -2.16. The van der Waals surface area contributed by atoms with Crippen molar-refractivity contribution in [1.82, 2.24) is 5.32 Å². The molecule has 1 saturated carbocycles. The summed E-state index contributed by atoms with van der Waals surface area (Å²) in [7, 11) is 0.